The van der Waals surface area contributed by atoms with Crippen LogP contribution in [0.4, 0.5) is 31.2 Å². The Hall–Kier alpha value is -4.19. The van der Waals surface area contributed by atoms with Crippen molar-refractivity contribution in [3.8, 4) is 17.0 Å². The predicted octanol–water partition coefficient (Wildman–Crippen LogP) is 5.19. The summed E-state index contributed by atoms with van der Waals surface area (Å²) in [5.74, 6) is -0.00783. The molecule has 0 bridgehead atoms. The molecule has 1 fully saturated rings. The van der Waals surface area contributed by atoms with Gasteiger partial charge in [0.05, 0.1) is 5.69 Å². The number of aromatic nitrogens is 2. The summed E-state index contributed by atoms with van der Waals surface area (Å²) < 4.78 is 32.6. The summed E-state index contributed by atoms with van der Waals surface area (Å²) in [6.45, 7) is 8.07. The van der Waals surface area contributed by atoms with Crippen LogP contribution in [0.15, 0.2) is 24.5 Å². The van der Waals surface area contributed by atoms with E-state index in [1.165, 1.54) is 12.4 Å². The Labute approximate surface area is 231 Å². The van der Waals surface area contributed by atoms with Crippen LogP contribution in [0.3, 0.4) is 0 Å². The van der Waals surface area contributed by atoms with Crippen LogP contribution >= 0.6 is 0 Å². The van der Waals surface area contributed by atoms with Crippen LogP contribution in [0.5, 0.6) is 5.88 Å². The highest BCUT2D eigenvalue weighted by atomic mass is 19.1. The quantitative estimate of drug-likeness (QED) is 0.337. The molecule has 1 aliphatic heterocycles. The van der Waals surface area contributed by atoms with E-state index >= 15 is 4.39 Å². The lowest BCUT2D eigenvalue weighted by atomic mass is 9.89. The Morgan fingerprint density at radius 1 is 1.10 bits per heavy atom. The molecule has 4 N–H and O–H groups in total. The molecule has 2 aliphatic rings. The molecule has 1 saturated carbocycles. The number of anilines is 3. The lowest BCUT2D eigenvalue weighted by molar-refractivity contribution is 0.0422. The van der Waals surface area contributed by atoms with Gasteiger partial charge in [-0.2, -0.15) is 0 Å². The maximum absolute atomic E-state index is 16.2. The molecule has 0 unspecified atom stereocenters. The number of halogens is 1. The third kappa shape index (κ3) is 5.71. The van der Waals surface area contributed by atoms with E-state index in [-0.39, 0.29) is 23.2 Å². The zero-order valence-electron chi connectivity index (χ0n) is 23.1. The number of amides is 2. The van der Waals surface area contributed by atoms with E-state index < -0.39 is 23.6 Å². The molecule has 0 atom stereocenters. The molecule has 1 aromatic carbocycles. The third-order valence-electron chi connectivity index (χ3n) is 6.83. The largest absolute Gasteiger partial charge is 0.474 e. The zero-order chi connectivity index (χ0) is 28.6. The smallest absolute Gasteiger partial charge is 0.413 e. The number of hydrogen-bond donors (Lipinski definition) is 4. The second-order valence-electron chi connectivity index (χ2n) is 10.9. The van der Waals surface area contributed by atoms with Gasteiger partial charge in [0, 0.05) is 41.5 Å². The first-order valence-corrected chi connectivity index (χ1v) is 13.2. The third-order valence-corrected chi connectivity index (χ3v) is 6.83. The Morgan fingerprint density at radius 2 is 1.88 bits per heavy atom. The summed E-state index contributed by atoms with van der Waals surface area (Å²) in [5, 5.41) is 12.4. The lowest BCUT2D eigenvalue weighted by Gasteiger charge is -2.34. The van der Waals surface area contributed by atoms with E-state index in [0.29, 0.717) is 47.1 Å². The molecule has 5 rings (SSSR count). The predicted molar refractivity (Wildman–Crippen MR) is 149 cm³/mol. The number of carbonyl (C=O) groups is 2. The van der Waals surface area contributed by atoms with Gasteiger partial charge in [-0.05, 0) is 70.7 Å². The molecule has 40 heavy (non-hydrogen) atoms. The fraction of sp³-hybridized carbons (Fsp3) is 0.429. The highest BCUT2D eigenvalue weighted by Gasteiger charge is 2.31. The fourth-order valence-corrected chi connectivity index (χ4v) is 4.74. The first-order valence-electron chi connectivity index (χ1n) is 13.2. The van der Waals surface area contributed by atoms with Gasteiger partial charge in [0.25, 0.3) is 0 Å². The van der Waals surface area contributed by atoms with Crippen molar-refractivity contribution < 1.29 is 28.2 Å². The maximum Gasteiger partial charge on any atom is 0.413 e. The van der Waals surface area contributed by atoms with Gasteiger partial charge in [0.15, 0.2) is 5.82 Å². The molecular formula is C28H33FN6O5. The highest BCUT2D eigenvalue weighted by molar-refractivity contribution is 6.04. The van der Waals surface area contributed by atoms with Gasteiger partial charge in [0.1, 0.15) is 29.8 Å². The number of ether oxygens (including phenoxy) is 3. The van der Waals surface area contributed by atoms with Gasteiger partial charge in [-0.15, -0.1) is 0 Å². The van der Waals surface area contributed by atoms with Crippen LogP contribution in [0.1, 0.15) is 39.2 Å². The Kier molecular flexibility index (Phi) is 7.37. The molecule has 12 heteroatoms. The van der Waals surface area contributed by atoms with Crippen molar-refractivity contribution in [2.24, 2.45) is 0 Å². The molecule has 11 nitrogen and oxygen atoms in total. The van der Waals surface area contributed by atoms with Crippen molar-refractivity contribution in [1.29, 1.82) is 0 Å². The van der Waals surface area contributed by atoms with E-state index in [9.17, 15) is 9.59 Å². The SMILES string of the molecule is CN[C@H]1C[C@H](OC(=O)Nc2cc3cc(-c4cnc5c(c4C)NCCO5)c(F)c(NC(=O)OC(C)(C)C)c3cn2)C1. The molecule has 2 aromatic heterocycles. The van der Waals surface area contributed by atoms with Crippen LogP contribution in [-0.2, 0) is 9.47 Å². The van der Waals surface area contributed by atoms with Gasteiger partial charge < -0.3 is 24.8 Å². The van der Waals surface area contributed by atoms with Crippen molar-refractivity contribution in [2.75, 3.05) is 36.1 Å². The summed E-state index contributed by atoms with van der Waals surface area (Å²) in [7, 11) is 1.87. The van der Waals surface area contributed by atoms with Crippen LogP contribution in [0, 0.1) is 12.7 Å². The van der Waals surface area contributed by atoms with Crippen LogP contribution in [0.2, 0.25) is 0 Å². The lowest BCUT2D eigenvalue weighted by Crippen LogP contribution is -2.45. The number of fused-ring (bicyclic) bond motifs is 2. The minimum absolute atomic E-state index is 0.0997. The second kappa shape index (κ2) is 10.8. The van der Waals surface area contributed by atoms with E-state index in [1.54, 1.807) is 32.9 Å². The van der Waals surface area contributed by atoms with Crippen LogP contribution in [-0.4, -0.2) is 60.1 Å². The van der Waals surface area contributed by atoms with Gasteiger partial charge in [-0.25, -0.2) is 23.9 Å². The number of nitrogens with zero attached hydrogens (tertiary/aromatic N) is 2. The minimum Gasteiger partial charge on any atom is -0.474 e. The first-order chi connectivity index (χ1) is 19.0. The summed E-state index contributed by atoms with van der Waals surface area (Å²) in [6.07, 6.45) is 2.81. The molecule has 3 heterocycles. The first kappa shape index (κ1) is 27.4. The van der Waals surface area contributed by atoms with Crippen LogP contribution in [0.25, 0.3) is 21.9 Å². The van der Waals surface area contributed by atoms with Crippen molar-refractivity contribution in [1.82, 2.24) is 15.3 Å². The van der Waals surface area contributed by atoms with Gasteiger partial charge in [-0.1, -0.05) is 0 Å². The minimum atomic E-state index is -0.814. The average molecular weight is 553 g/mol. The molecular weight excluding hydrogens is 519 g/mol. The van der Waals surface area contributed by atoms with Crippen molar-refractivity contribution >= 4 is 40.2 Å². The topological polar surface area (TPSA) is 136 Å². The molecule has 0 saturated heterocycles. The zero-order valence-corrected chi connectivity index (χ0v) is 23.1. The number of benzene rings is 1. The maximum atomic E-state index is 16.2. The number of carbonyl (C=O) groups excluding carboxylic acids is 2. The molecule has 1 aliphatic carbocycles. The number of pyridine rings is 2. The summed E-state index contributed by atoms with van der Waals surface area (Å²) in [5.41, 5.74) is 1.24. The van der Waals surface area contributed by atoms with E-state index in [4.69, 9.17) is 14.2 Å². The highest BCUT2D eigenvalue weighted by Crippen LogP contribution is 2.40. The molecule has 212 valence electrons. The normalized spacial score (nSPS) is 18.1. The van der Waals surface area contributed by atoms with Crippen molar-refractivity contribution in [3.63, 3.8) is 0 Å². The van der Waals surface area contributed by atoms with Crippen molar-refractivity contribution in [2.45, 2.75) is 58.3 Å². The van der Waals surface area contributed by atoms with E-state index in [1.807, 2.05) is 14.0 Å². The van der Waals surface area contributed by atoms with E-state index in [0.717, 1.165) is 18.4 Å². The van der Waals surface area contributed by atoms with Gasteiger partial charge in [0.2, 0.25) is 5.88 Å². The van der Waals surface area contributed by atoms with Gasteiger partial charge in [-0.3, -0.25) is 10.6 Å². The summed E-state index contributed by atoms with van der Waals surface area (Å²) in [4.78, 5) is 33.8. The standard InChI is InChI=1S/C28H33FN6O5/c1-14-19(12-33-25-23(14)31-6-7-38-25)18-8-15-9-21(34-26(36)39-17-10-16(11-17)30-5)32-13-20(15)24(22(18)29)35-27(37)40-28(2,3)4/h8-9,12-13,16-17,30-31H,6-7,10-11H2,1-5H3,(H,35,37)(H,32,34,36)/t16-,17-. The van der Waals surface area contributed by atoms with Crippen molar-refractivity contribution in [3.05, 3.63) is 35.9 Å². The number of hydrogen-bond acceptors (Lipinski definition) is 9. The van der Waals surface area contributed by atoms with Gasteiger partial charge >= 0.3 is 12.2 Å². The average Bonchev–Trinajstić information content (AvgIpc) is 2.87. The summed E-state index contributed by atoms with van der Waals surface area (Å²) >= 11 is 0. The summed E-state index contributed by atoms with van der Waals surface area (Å²) in [6, 6.07) is 3.57. The number of nitrogens with one attached hydrogen (secondary N) is 4. The fourth-order valence-electron chi connectivity index (χ4n) is 4.74. The Bertz CT molecular complexity index is 1470. The number of rotatable bonds is 5. The molecule has 0 spiro atoms. The van der Waals surface area contributed by atoms with E-state index in [2.05, 4.69) is 31.2 Å². The Balaban J connectivity index is 1.53. The Morgan fingerprint density at radius 3 is 2.60 bits per heavy atom. The molecule has 3 aromatic rings. The monoisotopic (exact) mass is 552 g/mol. The second-order valence-corrected chi connectivity index (χ2v) is 10.9. The molecule has 0 radical (unpaired) electrons. The molecule has 2 amide bonds. The van der Waals surface area contributed by atoms with Crippen LogP contribution < -0.4 is 26.0 Å².